The molecule has 1 aliphatic rings. The van der Waals surface area contributed by atoms with Crippen LogP contribution in [-0.4, -0.2) is 33.2 Å². The molecule has 5 nitrogen and oxygen atoms in total. The van der Waals surface area contributed by atoms with Crippen LogP contribution >= 0.6 is 0 Å². The molecule has 0 unspecified atom stereocenters. The number of rotatable bonds is 4. The normalized spacial score (nSPS) is 22.6. The minimum absolute atomic E-state index is 0.301. The molecule has 21 heavy (non-hydrogen) atoms. The molecular weight excluding hydrogens is 269 g/mol. The van der Waals surface area contributed by atoms with Crippen molar-refractivity contribution < 1.29 is 4.39 Å². The molecule has 0 radical (unpaired) electrons. The van der Waals surface area contributed by atoms with Gasteiger partial charge in [-0.2, -0.15) is 4.98 Å². The molecule has 0 aromatic carbocycles. The van der Waals surface area contributed by atoms with E-state index in [-0.39, 0.29) is 5.82 Å². The highest BCUT2D eigenvalue weighted by Gasteiger charge is 2.26. The standard InChI is InChI=1S/C15H22FN5/c1-2-9-20(13-6-4-12(17)5-7-13)15-18-14-8-3-11(16)10-21(14)19-15/h3,8,10,12-13H,2,4-7,9,17H2,1H3. The summed E-state index contributed by atoms with van der Waals surface area (Å²) in [5.74, 6) is 0.396. The van der Waals surface area contributed by atoms with Crippen molar-refractivity contribution in [3.63, 3.8) is 0 Å². The Kier molecular flexibility index (Phi) is 4.05. The summed E-state index contributed by atoms with van der Waals surface area (Å²) in [6.07, 6.45) is 6.65. The first-order valence-corrected chi connectivity index (χ1v) is 7.71. The maximum absolute atomic E-state index is 13.3. The van der Waals surface area contributed by atoms with E-state index in [1.165, 1.54) is 16.8 Å². The van der Waals surface area contributed by atoms with Crippen molar-refractivity contribution in [1.29, 1.82) is 0 Å². The number of hydrogen-bond donors (Lipinski definition) is 1. The number of hydrogen-bond acceptors (Lipinski definition) is 4. The predicted molar refractivity (Wildman–Crippen MR) is 80.8 cm³/mol. The summed E-state index contributed by atoms with van der Waals surface area (Å²) in [6.45, 7) is 3.07. The quantitative estimate of drug-likeness (QED) is 0.939. The summed E-state index contributed by atoms with van der Waals surface area (Å²) in [6, 6.07) is 3.84. The topological polar surface area (TPSA) is 59.5 Å². The molecule has 2 aromatic rings. The van der Waals surface area contributed by atoms with Gasteiger partial charge in [-0.1, -0.05) is 6.92 Å². The van der Waals surface area contributed by atoms with Gasteiger partial charge in [-0.15, -0.1) is 5.10 Å². The molecule has 1 fully saturated rings. The van der Waals surface area contributed by atoms with Crippen molar-refractivity contribution in [1.82, 2.24) is 14.6 Å². The summed E-state index contributed by atoms with van der Waals surface area (Å²) in [5, 5.41) is 4.45. The van der Waals surface area contributed by atoms with Gasteiger partial charge in [0, 0.05) is 18.6 Å². The molecule has 0 bridgehead atoms. The van der Waals surface area contributed by atoms with Gasteiger partial charge in [0.25, 0.3) is 0 Å². The number of anilines is 1. The van der Waals surface area contributed by atoms with Gasteiger partial charge in [0.15, 0.2) is 5.65 Å². The first kappa shape index (κ1) is 14.3. The molecule has 2 heterocycles. The van der Waals surface area contributed by atoms with Crippen LogP contribution in [0.2, 0.25) is 0 Å². The smallest absolute Gasteiger partial charge is 0.245 e. The second-order valence-electron chi connectivity index (χ2n) is 5.82. The fraction of sp³-hybridized carbons (Fsp3) is 0.600. The fourth-order valence-electron chi connectivity index (χ4n) is 3.07. The van der Waals surface area contributed by atoms with Crippen LogP contribution < -0.4 is 10.6 Å². The number of aromatic nitrogens is 3. The Bertz CT molecular complexity index is 603. The molecule has 0 spiro atoms. The van der Waals surface area contributed by atoms with Crippen LogP contribution in [0.3, 0.4) is 0 Å². The van der Waals surface area contributed by atoms with E-state index in [1.54, 1.807) is 6.07 Å². The van der Waals surface area contributed by atoms with Crippen molar-refractivity contribution in [3.8, 4) is 0 Å². The van der Waals surface area contributed by atoms with Gasteiger partial charge in [0.05, 0.1) is 6.20 Å². The second kappa shape index (κ2) is 5.97. The van der Waals surface area contributed by atoms with Crippen molar-refractivity contribution >= 4 is 11.6 Å². The van der Waals surface area contributed by atoms with Crippen LogP contribution in [0, 0.1) is 5.82 Å². The lowest BCUT2D eigenvalue weighted by Gasteiger charge is -2.35. The monoisotopic (exact) mass is 291 g/mol. The van der Waals surface area contributed by atoms with Crippen LogP contribution in [-0.2, 0) is 0 Å². The number of fused-ring (bicyclic) bond motifs is 1. The van der Waals surface area contributed by atoms with Crippen LogP contribution in [0.4, 0.5) is 10.3 Å². The first-order chi connectivity index (χ1) is 10.2. The lowest BCUT2D eigenvalue weighted by Crippen LogP contribution is -2.42. The van der Waals surface area contributed by atoms with E-state index in [4.69, 9.17) is 5.73 Å². The fourth-order valence-corrected chi connectivity index (χ4v) is 3.07. The van der Waals surface area contributed by atoms with Gasteiger partial charge in [-0.25, -0.2) is 8.91 Å². The van der Waals surface area contributed by atoms with Crippen molar-refractivity contribution in [2.45, 2.75) is 51.1 Å². The molecule has 1 saturated carbocycles. The van der Waals surface area contributed by atoms with Gasteiger partial charge < -0.3 is 10.6 Å². The van der Waals surface area contributed by atoms with Crippen LogP contribution in [0.25, 0.3) is 5.65 Å². The lowest BCUT2D eigenvalue weighted by molar-refractivity contribution is 0.372. The van der Waals surface area contributed by atoms with E-state index < -0.39 is 0 Å². The van der Waals surface area contributed by atoms with Gasteiger partial charge in [-0.3, -0.25) is 0 Å². The third-order valence-corrected chi connectivity index (χ3v) is 4.19. The number of nitrogens with zero attached hydrogens (tertiary/aromatic N) is 4. The molecule has 0 aliphatic heterocycles. The van der Waals surface area contributed by atoms with Crippen LogP contribution in [0.5, 0.6) is 0 Å². The van der Waals surface area contributed by atoms with Gasteiger partial charge in [0.2, 0.25) is 5.95 Å². The summed E-state index contributed by atoms with van der Waals surface area (Å²) in [4.78, 5) is 6.81. The number of nitrogens with two attached hydrogens (primary N) is 1. The van der Waals surface area contributed by atoms with Crippen LogP contribution in [0.15, 0.2) is 18.3 Å². The molecule has 3 rings (SSSR count). The molecular formula is C15H22FN5. The van der Waals surface area contributed by atoms with Crippen LogP contribution in [0.1, 0.15) is 39.0 Å². The Labute approximate surface area is 124 Å². The lowest BCUT2D eigenvalue weighted by atomic mass is 9.91. The zero-order valence-electron chi connectivity index (χ0n) is 12.4. The predicted octanol–water partition coefficient (Wildman–Crippen LogP) is 2.35. The maximum Gasteiger partial charge on any atom is 0.245 e. The van der Waals surface area contributed by atoms with E-state index in [2.05, 4.69) is 21.9 Å². The molecule has 6 heteroatoms. The van der Waals surface area contributed by atoms with Crippen molar-refractivity contribution in [2.75, 3.05) is 11.4 Å². The summed E-state index contributed by atoms with van der Waals surface area (Å²) in [5.41, 5.74) is 6.67. The molecule has 114 valence electrons. The Morgan fingerprint density at radius 2 is 2.10 bits per heavy atom. The highest BCUT2D eigenvalue weighted by Crippen LogP contribution is 2.25. The molecule has 2 N–H and O–H groups in total. The Morgan fingerprint density at radius 3 is 2.81 bits per heavy atom. The number of halogens is 1. The van der Waals surface area contributed by atoms with E-state index in [0.717, 1.165) is 38.6 Å². The zero-order valence-corrected chi connectivity index (χ0v) is 12.4. The zero-order chi connectivity index (χ0) is 14.8. The SMILES string of the molecule is CCCN(c1nc2ccc(F)cn2n1)C1CCC(N)CC1. The number of pyridine rings is 1. The van der Waals surface area contributed by atoms with Crippen molar-refractivity contribution in [2.24, 2.45) is 5.73 Å². The van der Waals surface area contributed by atoms with E-state index >= 15 is 0 Å². The summed E-state index contributed by atoms with van der Waals surface area (Å²) >= 11 is 0. The highest BCUT2D eigenvalue weighted by molar-refractivity contribution is 5.45. The van der Waals surface area contributed by atoms with E-state index in [1.807, 2.05) is 0 Å². The largest absolute Gasteiger partial charge is 0.337 e. The minimum atomic E-state index is -0.301. The highest BCUT2D eigenvalue weighted by atomic mass is 19.1. The first-order valence-electron chi connectivity index (χ1n) is 7.71. The molecule has 0 amide bonds. The Balaban J connectivity index is 1.87. The summed E-state index contributed by atoms with van der Waals surface area (Å²) in [7, 11) is 0. The average Bonchev–Trinajstić information content (AvgIpc) is 2.88. The molecule has 0 saturated heterocycles. The third-order valence-electron chi connectivity index (χ3n) is 4.19. The summed E-state index contributed by atoms with van der Waals surface area (Å²) < 4.78 is 14.8. The van der Waals surface area contributed by atoms with E-state index in [0.29, 0.717) is 23.7 Å². The maximum atomic E-state index is 13.3. The molecule has 1 aliphatic carbocycles. The van der Waals surface area contributed by atoms with Gasteiger partial charge in [0.1, 0.15) is 5.82 Å². The van der Waals surface area contributed by atoms with Gasteiger partial charge in [-0.05, 0) is 44.2 Å². The molecule has 0 atom stereocenters. The van der Waals surface area contributed by atoms with E-state index in [9.17, 15) is 4.39 Å². The Hall–Kier alpha value is -1.69. The van der Waals surface area contributed by atoms with Gasteiger partial charge >= 0.3 is 0 Å². The molecule has 2 aromatic heterocycles. The average molecular weight is 291 g/mol. The third kappa shape index (κ3) is 3.00. The minimum Gasteiger partial charge on any atom is -0.337 e. The second-order valence-corrected chi connectivity index (χ2v) is 5.82. The van der Waals surface area contributed by atoms with Crippen molar-refractivity contribution in [3.05, 3.63) is 24.1 Å². The Morgan fingerprint density at radius 1 is 1.33 bits per heavy atom.